The van der Waals surface area contributed by atoms with Gasteiger partial charge in [-0.1, -0.05) is 60.7 Å². The average molecular weight is 522 g/mol. The van der Waals surface area contributed by atoms with E-state index in [0.717, 1.165) is 22.2 Å². The number of methoxy groups -OCH3 is 2. The minimum absolute atomic E-state index is 0.0101. The summed E-state index contributed by atoms with van der Waals surface area (Å²) in [7, 11) is 3.17. The Balaban J connectivity index is 1.51. The first-order valence-corrected chi connectivity index (χ1v) is 12.3. The van der Waals surface area contributed by atoms with Gasteiger partial charge in [-0.15, -0.1) is 0 Å². The lowest BCUT2D eigenvalue weighted by Gasteiger charge is -2.19. The van der Waals surface area contributed by atoms with Crippen LogP contribution in [0.2, 0.25) is 0 Å². The molecule has 1 atom stereocenters. The number of benzene rings is 4. The lowest BCUT2D eigenvalue weighted by atomic mass is 9.93. The minimum atomic E-state index is -1.14. The van der Waals surface area contributed by atoms with Crippen LogP contribution in [-0.4, -0.2) is 47.8 Å². The summed E-state index contributed by atoms with van der Waals surface area (Å²) in [6.45, 7) is 0.274. The van der Waals surface area contributed by atoms with E-state index in [9.17, 15) is 14.7 Å². The third-order valence-electron chi connectivity index (χ3n) is 6.51. The first-order valence-electron chi connectivity index (χ1n) is 12.3. The molecule has 1 aromatic heterocycles. The van der Waals surface area contributed by atoms with Gasteiger partial charge in [0, 0.05) is 24.3 Å². The molecule has 0 aliphatic heterocycles. The number of imidazole rings is 1. The van der Waals surface area contributed by atoms with Gasteiger partial charge in [0.15, 0.2) is 0 Å². The number of aromatic carboxylic acids is 1. The Bertz CT molecular complexity index is 1650. The van der Waals surface area contributed by atoms with Gasteiger partial charge in [0.25, 0.3) is 5.91 Å². The molecule has 5 aromatic rings. The van der Waals surface area contributed by atoms with Crippen molar-refractivity contribution in [2.75, 3.05) is 20.8 Å². The standard InChI is InChI=1S/C31H27N3O5/c1-38-18-28(19-8-4-3-5-9-19)34-30(35)20-12-14-23(25(16-20)31(36)37)22-10-6-7-11-24(22)29-32-26-15-13-21(39-2)17-27(26)33-29/h3-17,28H,18H2,1-2H3,(H,32,33)(H,34,35)(H,36,37). The number of hydrogen-bond acceptors (Lipinski definition) is 5. The number of carboxylic acids is 1. The number of carbonyl (C=O) groups excluding carboxylic acids is 1. The van der Waals surface area contributed by atoms with E-state index in [1.807, 2.05) is 72.8 Å². The van der Waals surface area contributed by atoms with E-state index in [4.69, 9.17) is 14.5 Å². The molecule has 0 radical (unpaired) electrons. The normalized spacial score (nSPS) is 11.7. The number of H-pyrrole nitrogens is 1. The fourth-order valence-electron chi connectivity index (χ4n) is 4.58. The Morgan fingerprint density at radius 3 is 2.36 bits per heavy atom. The second-order valence-corrected chi connectivity index (χ2v) is 8.97. The highest BCUT2D eigenvalue weighted by molar-refractivity contribution is 6.03. The molecule has 5 rings (SSSR count). The van der Waals surface area contributed by atoms with Crippen LogP contribution in [0.25, 0.3) is 33.5 Å². The molecule has 0 aliphatic rings. The zero-order valence-corrected chi connectivity index (χ0v) is 21.5. The van der Waals surface area contributed by atoms with E-state index in [1.165, 1.54) is 6.07 Å². The average Bonchev–Trinajstić information content (AvgIpc) is 3.40. The number of aromatic nitrogens is 2. The fourth-order valence-corrected chi connectivity index (χ4v) is 4.58. The van der Waals surface area contributed by atoms with E-state index in [0.29, 0.717) is 22.7 Å². The maximum atomic E-state index is 13.2. The van der Waals surface area contributed by atoms with E-state index in [1.54, 1.807) is 26.4 Å². The van der Waals surface area contributed by atoms with Crippen molar-refractivity contribution in [2.45, 2.75) is 6.04 Å². The summed E-state index contributed by atoms with van der Waals surface area (Å²) in [5.41, 5.74) is 4.58. The number of rotatable bonds is 9. The van der Waals surface area contributed by atoms with Crippen LogP contribution in [0.15, 0.2) is 91.0 Å². The highest BCUT2D eigenvalue weighted by Crippen LogP contribution is 2.34. The van der Waals surface area contributed by atoms with Gasteiger partial charge in [-0.3, -0.25) is 4.79 Å². The molecule has 0 spiro atoms. The molecule has 0 aliphatic carbocycles. The molecule has 8 heteroatoms. The van der Waals surface area contributed by atoms with Gasteiger partial charge in [-0.25, -0.2) is 9.78 Å². The van der Waals surface area contributed by atoms with Crippen molar-refractivity contribution in [3.63, 3.8) is 0 Å². The third-order valence-corrected chi connectivity index (χ3v) is 6.51. The summed E-state index contributed by atoms with van der Waals surface area (Å²) < 4.78 is 10.6. The van der Waals surface area contributed by atoms with E-state index in [-0.39, 0.29) is 23.8 Å². The monoisotopic (exact) mass is 521 g/mol. The first kappa shape index (κ1) is 25.7. The lowest BCUT2D eigenvalue weighted by Crippen LogP contribution is -2.31. The Hall–Kier alpha value is -4.95. The second kappa shape index (κ2) is 11.2. The number of nitrogens with zero attached hydrogens (tertiary/aromatic N) is 1. The van der Waals surface area contributed by atoms with Crippen molar-refractivity contribution in [3.8, 4) is 28.3 Å². The molecule has 1 amide bonds. The highest BCUT2D eigenvalue weighted by Gasteiger charge is 2.21. The van der Waals surface area contributed by atoms with Crippen LogP contribution in [0.4, 0.5) is 0 Å². The smallest absolute Gasteiger partial charge is 0.336 e. The van der Waals surface area contributed by atoms with Gasteiger partial charge in [0.2, 0.25) is 0 Å². The number of carboxylic acid groups (broad SMARTS) is 1. The van der Waals surface area contributed by atoms with Gasteiger partial charge in [0.05, 0.1) is 36.4 Å². The molecule has 0 bridgehead atoms. The SMILES string of the molecule is COCC(NC(=O)c1ccc(-c2ccccc2-c2nc3ccc(OC)cc3[nH]2)c(C(=O)O)c1)c1ccccc1. The van der Waals surface area contributed by atoms with E-state index >= 15 is 0 Å². The van der Waals surface area contributed by atoms with Gasteiger partial charge < -0.3 is 24.9 Å². The van der Waals surface area contributed by atoms with Crippen molar-refractivity contribution >= 4 is 22.9 Å². The molecule has 3 N–H and O–H groups in total. The maximum Gasteiger partial charge on any atom is 0.336 e. The summed E-state index contributed by atoms with van der Waals surface area (Å²) in [4.78, 5) is 33.6. The molecule has 4 aromatic carbocycles. The topological polar surface area (TPSA) is 114 Å². The Morgan fingerprint density at radius 2 is 1.64 bits per heavy atom. The summed E-state index contributed by atoms with van der Waals surface area (Å²) in [6, 6.07) is 26.8. The highest BCUT2D eigenvalue weighted by atomic mass is 16.5. The quantitative estimate of drug-likeness (QED) is 0.229. The number of fused-ring (bicyclic) bond motifs is 1. The summed E-state index contributed by atoms with van der Waals surface area (Å²) >= 11 is 0. The van der Waals surface area contributed by atoms with Crippen molar-refractivity contribution in [1.29, 1.82) is 0 Å². The number of nitrogens with one attached hydrogen (secondary N) is 2. The summed E-state index contributed by atoms with van der Waals surface area (Å²) in [5.74, 6) is -0.236. The first-order chi connectivity index (χ1) is 19.0. The summed E-state index contributed by atoms with van der Waals surface area (Å²) in [6.07, 6.45) is 0. The van der Waals surface area contributed by atoms with Crippen LogP contribution < -0.4 is 10.1 Å². The molecule has 0 fully saturated rings. The van der Waals surface area contributed by atoms with Gasteiger partial charge in [0.1, 0.15) is 11.6 Å². The van der Waals surface area contributed by atoms with Crippen molar-refractivity contribution < 1.29 is 24.2 Å². The Labute approximate surface area is 225 Å². The zero-order valence-electron chi connectivity index (χ0n) is 21.5. The fraction of sp³-hybridized carbons (Fsp3) is 0.129. The number of aromatic amines is 1. The van der Waals surface area contributed by atoms with Crippen molar-refractivity contribution in [3.05, 3.63) is 108 Å². The van der Waals surface area contributed by atoms with Crippen LogP contribution in [0.3, 0.4) is 0 Å². The maximum absolute atomic E-state index is 13.2. The zero-order chi connectivity index (χ0) is 27.4. The molecule has 196 valence electrons. The van der Waals surface area contributed by atoms with Crippen LogP contribution in [0.1, 0.15) is 32.3 Å². The molecule has 0 saturated carbocycles. The van der Waals surface area contributed by atoms with E-state index < -0.39 is 11.9 Å². The largest absolute Gasteiger partial charge is 0.497 e. The number of hydrogen-bond donors (Lipinski definition) is 3. The predicted octanol–water partition coefficient (Wildman–Crippen LogP) is 5.72. The number of ether oxygens (including phenoxy) is 2. The van der Waals surface area contributed by atoms with Crippen LogP contribution in [-0.2, 0) is 4.74 Å². The van der Waals surface area contributed by atoms with E-state index in [2.05, 4.69) is 10.3 Å². The molecular formula is C31H27N3O5. The van der Waals surface area contributed by atoms with Gasteiger partial charge in [-0.2, -0.15) is 0 Å². The lowest BCUT2D eigenvalue weighted by molar-refractivity contribution is 0.0697. The second-order valence-electron chi connectivity index (χ2n) is 8.97. The Kier molecular flexibility index (Phi) is 7.38. The number of carbonyl (C=O) groups is 2. The molecule has 1 unspecified atom stereocenters. The van der Waals surface area contributed by atoms with Crippen LogP contribution in [0, 0.1) is 0 Å². The summed E-state index contributed by atoms with van der Waals surface area (Å²) in [5, 5.41) is 13.1. The molecule has 8 nitrogen and oxygen atoms in total. The molecular weight excluding hydrogens is 494 g/mol. The van der Waals surface area contributed by atoms with Crippen LogP contribution >= 0.6 is 0 Å². The third kappa shape index (κ3) is 5.37. The molecule has 1 heterocycles. The van der Waals surface area contributed by atoms with Crippen molar-refractivity contribution in [1.82, 2.24) is 15.3 Å². The predicted molar refractivity (Wildman–Crippen MR) is 149 cm³/mol. The Morgan fingerprint density at radius 1 is 0.897 bits per heavy atom. The van der Waals surface area contributed by atoms with Gasteiger partial charge in [-0.05, 0) is 41.0 Å². The van der Waals surface area contributed by atoms with Crippen molar-refractivity contribution in [2.24, 2.45) is 0 Å². The molecule has 0 saturated heterocycles. The molecule has 39 heavy (non-hydrogen) atoms. The van der Waals surface area contributed by atoms with Gasteiger partial charge >= 0.3 is 5.97 Å². The van der Waals surface area contributed by atoms with Crippen LogP contribution in [0.5, 0.6) is 5.75 Å². The number of amides is 1. The minimum Gasteiger partial charge on any atom is -0.497 e.